The molecule has 0 aromatic heterocycles. The van der Waals surface area contributed by atoms with Crippen LogP contribution in [-0.2, 0) is 11.2 Å². The van der Waals surface area contributed by atoms with Crippen molar-refractivity contribution < 1.29 is 27.8 Å². The molecule has 0 bridgehead atoms. The molecule has 0 aliphatic rings. The van der Waals surface area contributed by atoms with Crippen molar-refractivity contribution in [3.63, 3.8) is 0 Å². The van der Waals surface area contributed by atoms with Crippen LogP contribution in [0.15, 0.2) is 48.5 Å². The molecule has 1 atom stereocenters. The molecule has 2 aromatic carbocycles. The monoisotopic (exact) mass is 339 g/mol. The third-order valence-electron chi connectivity index (χ3n) is 3.29. The molecule has 4 nitrogen and oxygen atoms in total. The lowest BCUT2D eigenvalue weighted by molar-refractivity contribution is -0.121. The predicted octanol–water partition coefficient (Wildman–Crippen LogP) is 2.82. The number of rotatable bonds is 7. The van der Waals surface area contributed by atoms with Gasteiger partial charge >= 0.3 is 6.61 Å². The van der Waals surface area contributed by atoms with Gasteiger partial charge in [0.2, 0.25) is 5.91 Å². The molecule has 0 aliphatic heterocycles. The highest BCUT2D eigenvalue weighted by Crippen LogP contribution is 2.20. The fraction of sp³-hybridized carbons (Fsp3) is 0.235. The van der Waals surface area contributed by atoms with Crippen molar-refractivity contribution in [2.24, 2.45) is 0 Å². The second kappa shape index (κ2) is 8.35. The highest BCUT2D eigenvalue weighted by molar-refractivity contribution is 5.79. The molecular weight excluding hydrogens is 323 g/mol. The number of alkyl halides is 2. The molecule has 0 saturated heterocycles. The molecule has 2 aromatic rings. The molecule has 0 radical (unpaired) electrons. The minimum atomic E-state index is -2.98. The van der Waals surface area contributed by atoms with E-state index in [2.05, 4.69) is 10.1 Å². The topological polar surface area (TPSA) is 58.6 Å². The summed E-state index contributed by atoms with van der Waals surface area (Å²) in [7, 11) is 0. The largest absolute Gasteiger partial charge is 0.435 e. The van der Waals surface area contributed by atoms with Gasteiger partial charge in [-0.25, -0.2) is 4.39 Å². The highest BCUT2D eigenvalue weighted by Gasteiger charge is 2.14. The van der Waals surface area contributed by atoms with Gasteiger partial charge in [-0.15, -0.1) is 0 Å². The zero-order chi connectivity index (χ0) is 17.5. The van der Waals surface area contributed by atoms with E-state index >= 15 is 0 Å². The maximum atomic E-state index is 12.8. The first kappa shape index (κ1) is 17.8. The van der Waals surface area contributed by atoms with Gasteiger partial charge < -0.3 is 15.2 Å². The quantitative estimate of drug-likeness (QED) is 0.816. The standard InChI is InChI=1S/C17H16F3NO3/c18-13-7-5-11(6-8-13)14(22)10-21-16(23)9-12-3-1-2-4-15(12)24-17(19)20/h1-8,14,17,22H,9-10H2,(H,21,23). The average molecular weight is 339 g/mol. The molecular formula is C17H16F3NO3. The van der Waals surface area contributed by atoms with Crippen molar-refractivity contribution in [1.29, 1.82) is 0 Å². The van der Waals surface area contributed by atoms with Crippen LogP contribution in [0.1, 0.15) is 17.2 Å². The predicted molar refractivity (Wildman–Crippen MR) is 81.1 cm³/mol. The maximum absolute atomic E-state index is 12.8. The summed E-state index contributed by atoms with van der Waals surface area (Å²) in [6.07, 6.45) is -1.17. The third kappa shape index (κ3) is 5.27. The van der Waals surface area contributed by atoms with E-state index in [9.17, 15) is 23.1 Å². The molecule has 0 spiro atoms. The molecule has 0 heterocycles. The Morgan fingerprint density at radius 1 is 1.12 bits per heavy atom. The molecule has 128 valence electrons. The Bertz CT molecular complexity index is 677. The van der Waals surface area contributed by atoms with Crippen molar-refractivity contribution in [1.82, 2.24) is 5.32 Å². The molecule has 2 N–H and O–H groups in total. The van der Waals surface area contributed by atoms with Gasteiger partial charge in [-0.05, 0) is 23.8 Å². The minimum Gasteiger partial charge on any atom is -0.435 e. The number of nitrogens with one attached hydrogen (secondary N) is 1. The third-order valence-corrected chi connectivity index (χ3v) is 3.29. The first-order valence-corrected chi connectivity index (χ1v) is 7.18. The number of carbonyl (C=O) groups is 1. The number of halogens is 3. The second-order valence-corrected chi connectivity index (χ2v) is 5.03. The molecule has 1 amide bonds. The van der Waals surface area contributed by atoms with Crippen LogP contribution in [0.25, 0.3) is 0 Å². The zero-order valence-electron chi connectivity index (χ0n) is 12.6. The number of ether oxygens (including phenoxy) is 1. The van der Waals surface area contributed by atoms with Crippen LogP contribution in [0.5, 0.6) is 5.75 Å². The summed E-state index contributed by atoms with van der Waals surface area (Å²) >= 11 is 0. The van der Waals surface area contributed by atoms with E-state index in [0.29, 0.717) is 11.1 Å². The molecule has 0 fully saturated rings. The van der Waals surface area contributed by atoms with Crippen LogP contribution in [0.3, 0.4) is 0 Å². The van der Waals surface area contributed by atoms with Crippen LogP contribution in [-0.4, -0.2) is 24.2 Å². The number of benzene rings is 2. The fourth-order valence-electron chi connectivity index (χ4n) is 2.11. The van der Waals surface area contributed by atoms with E-state index in [1.165, 1.54) is 42.5 Å². The summed E-state index contributed by atoms with van der Waals surface area (Å²) in [4.78, 5) is 11.9. The summed E-state index contributed by atoms with van der Waals surface area (Å²) in [5.41, 5.74) is 0.768. The van der Waals surface area contributed by atoms with Crippen molar-refractivity contribution in [3.8, 4) is 5.75 Å². The van der Waals surface area contributed by atoms with Crippen LogP contribution in [0.2, 0.25) is 0 Å². The van der Waals surface area contributed by atoms with Crippen LogP contribution in [0.4, 0.5) is 13.2 Å². The number of aliphatic hydroxyl groups is 1. The Morgan fingerprint density at radius 3 is 2.46 bits per heavy atom. The molecule has 1 unspecified atom stereocenters. The Labute approximate surface area is 136 Å². The number of para-hydroxylation sites is 1. The minimum absolute atomic E-state index is 0.0678. The highest BCUT2D eigenvalue weighted by atomic mass is 19.3. The van der Waals surface area contributed by atoms with Crippen molar-refractivity contribution >= 4 is 5.91 Å². The van der Waals surface area contributed by atoms with Gasteiger partial charge in [-0.1, -0.05) is 30.3 Å². The second-order valence-electron chi connectivity index (χ2n) is 5.03. The summed E-state index contributed by atoms with van der Waals surface area (Å²) in [5.74, 6) is -0.950. The number of aliphatic hydroxyl groups excluding tert-OH is 1. The smallest absolute Gasteiger partial charge is 0.387 e. The Hall–Kier alpha value is -2.54. The summed E-state index contributed by atoms with van der Waals surface area (Å²) in [6, 6.07) is 11.2. The van der Waals surface area contributed by atoms with Gasteiger partial charge in [-0.3, -0.25) is 4.79 Å². The van der Waals surface area contributed by atoms with E-state index in [0.717, 1.165) is 0 Å². The molecule has 0 saturated carbocycles. The molecule has 7 heteroatoms. The molecule has 2 rings (SSSR count). The lowest BCUT2D eigenvalue weighted by atomic mass is 10.1. The first-order valence-electron chi connectivity index (χ1n) is 7.18. The van der Waals surface area contributed by atoms with Crippen LogP contribution in [0, 0.1) is 5.82 Å². The van der Waals surface area contributed by atoms with Crippen LogP contribution >= 0.6 is 0 Å². The van der Waals surface area contributed by atoms with E-state index in [1.54, 1.807) is 6.07 Å². The van der Waals surface area contributed by atoms with Crippen LogP contribution < -0.4 is 10.1 Å². The fourth-order valence-corrected chi connectivity index (χ4v) is 2.11. The van der Waals surface area contributed by atoms with Gasteiger partial charge in [0.15, 0.2) is 0 Å². The maximum Gasteiger partial charge on any atom is 0.387 e. The normalized spacial score (nSPS) is 12.0. The summed E-state index contributed by atoms with van der Waals surface area (Å²) < 4.78 is 41.8. The van der Waals surface area contributed by atoms with Crippen molar-refractivity contribution in [2.75, 3.05) is 6.54 Å². The lowest BCUT2D eigenvalue weighted by Gasteiger charge is -2.13. The number of hydrogen-bond acceptors (Lipinski definition) is 3. The molecule has 24 heavy (non-hydrogen) atoms. The van der Waals surface area contributed by atoms with E-state index in [1.807, 2.05) is 0 Å². The van der Waals surface area contributed by atoms with Gasteiger partial charge in [0.25, 0.3) is 0 Å². The lowest BCUT2D eigenvalue weighted by Crippen LogP contribution is -2.29. The summed E-state index contributed by atoms with van der Waals surface area (Å²) in [6.45, 7) is -3.06. The van der Waals surface area contributed by atoms with Crippen molar-refractivity contribution in [2.45, 2.75) is 19.1 Å². The van der Waals surface area contributed by atoms with Gasteiger partial charge in [0.1, 0.15) is 11.6 Å². The summed E-state index contributed by atoms with van der Waals surface area (Å²) in [5, 5.41) is 12.4. The average Bonchev–Trinajstić information content (AvgIpc) is 2.54. The van der Waals surface area contributed by atoms with E-state index in [-0.39, 0.29) is 18.7 Å². The van der Waals surface area contributed by atoms with Crippen molar-refractivity contribution in [3.05, 3.63) is 65.5 Å². The Kier molecular flexibility index (Phi) is 6.20. The van der Waals surface area contributed by atoms with Gasteiger partial charge in [0.05, 0.1) is 12.5 Å². The number of amides is 1. The van der Waals surface area contributed by atoms with E-state index in [4.69, 9.17) is 0 Å². The van der Waals surface area contributed by atoms with E-state index < -0.39 is 24.4 Å². The zero-order valence-corrected chi connectivity index (χ0v) is 12.6. The SMILES string of the molecule is O=C(Cc1ccccc1OC(F)F)NCC(O)c1ccc(F)cc1. The van der Waals surface area contributed by atoms with Gasteiger partial charge in [-0.2, -0.15) is 8.78 Å². The van der Waals surface area contributed by atoms with Gasteiger partial charge in [0, 0.05) is 12.1 Å². The Balaban J connectivity index is 1.90. The number of carbonyl (C=O) groups excluding carboxylic acids is 1. The first-order chi connectivity index (χ1) is 11.5. The number of hydrogen-bond donors (Lipinski definition) is 2. The molecule has 0 aliphatic carbocycles. The Morgan fingerprint density at radius 2 is 1.79 bits per heavy atom.